The smallest absolute Gasteiger partial charge is 0.305 e. The van der Waals surface area contributed by atoms with E-state index in [0.29, 0.717) is 18.9 Å². The van der Waals surface area contributed by atoms with Crippen LogP contribution in [0, 0.1) is 5.92 Å². The van der Waals surface area contributed by atoms with Crippen molar-refractivity contribution in [3.05, 3.63) is 12.2 Å². The average Bonchev–Trinajstić information content (AvgIpc) is 2.71. The third-order valence-corrected chi connectivity index (χ3v) is 5.67. The van der Waals surface area contributed by atoms with Crippen LogP contribution in [-0.4, -0.2) is 12.6 Å². The second-order valence-electron chi connectivity index (χ2n) is 8.43. The summed E-state index contributed by atoms with van der Waals surface area (Å²) in [6, 6.07) is 0. The van der Waals surface area contributed by atoms with Crippen LogP contribution in [0.5, 0.6) is 0 Å². The summed E-state index contributed by atoms with van der Waals surface area (Å²) in [6.45, 7) is 7.30. The molecule has 2 heteroatoms. The Labute approximate surface area is 176 Å². The zero-order chi connectivity index (χ0) is 20.7. The Bertz CT molecular complexity index is 348. The molecule has 0 fully saturated rings. The van der Waals surface area contributed by atoms with Gasteiger partial charge >= 0.3 is 5.97 Å². The standard InChI is InChI=1S/C26H50O2/c1-4-7-9-10-11-12-13-14-15-16-17-18-19-20-21-23-26(27)28-24-25(6-3)22-8-5-2/h13-14,25H,4-12,15-24H2,1-3H3/b14-13+. The number of esters is 1. The molecule has 0 aromatic rings. The maximum absolute atomic E-state index is 11.8. The molecule has 0 aliphatic heterocycles. The molecule has 0 N–H and O–H groups in total. The number of carbonyl (C=O) groups is 1. The number of hydrogen-bond donors (Lipinski definition) is 0. The van der Waals surface area contributed by atoms with E-state index >= 15 is 0 Å². The molecule has 0 aliphatic carbocycles. The van der Waals surface area contributed by atoms with Gasteiger partial charge in [-0.05, 0) is 44.4 Å². The van der Waals surface area contributed by atoms with Crippen molar-refractivity contribution >= 4 is 5.97 Å². The highest BCUT2D eigenvalue weighted by atomic mass is 16.5. The molecule has 0 amide bonds. The fourth-order valence-corrected chi connectivity index (χ4v) is 3.52. The zero-order valence-electron chi connectivity index (χ0n) is 19.5. The predicted octanol–water partition coefficient (Wildman–Crippen LogP) is 8.78. The third-order valence-electron chi connectivity index (χ3n) is 5.67. The van der Waals surface area contributed by atoms with Gasteiger partial charge in [-0.3, -0.25) is 4.79 Å². The van der Waals surface area contributed by atoms with Crippen molar-refractivity contribution < 1.29 is 9.53 Å². The Morgan fingerprint density at radius 3 is 1.82 bits per heavy atom. The predicted molar refractivity (Wildman–Crippen MR) is 124 cm³/mol. The Hall–Kier alpha value is -0.790. The van der Waals surface area contributed by atoms with E-state index in [2.05, 4.69) is 32.9 Å². The van der Waals surface area contributed by atoms with Gasteiger partial charge in [0.05, 0.1) is 6.61 Å². The van der Waals surface area contributed by atoms with E-state index in [4.69, 9.17) is 4.74 Å². The molecule has 0 aromatic heterocycles. The monoisotopic (exact) mass is 394 g/mol. The summed E-state index contributed by atoms with van der Waals surface area (Å²) in [4.78, 5) is 11.8. The first-order valence-electron chi connectivity index (χ1n) is 12.5. The maximum atomic E-state index is 11.8. The van der Waals surface area contributed by atoms with Crippen molar-refractivity contribution in [1.29, 1.82) is 0 Å². The van der Waals surface area contributed by atoms with Crippen LogP contribution in [0.4, 0.5) is 0 Å². The highest BCUT2D eigenvalue weighted by Gasteiger charge is 2.09. The fraction of sp³-hybridized carbons (Fsp3) is 0.885. The lowest BCUT2D eigenvalue weighted by atomic mass is 10.0. The summed E-state index contributed by atoms with van der Waals surface area (Å²) in [6.07, 6.45) is 26.8. The normalized spacial score (nSPS) is 12.5. The second kappa shape index (κ2) is 22.5. The van der Waals surface area contributed by atoms with Crippen LogP contribution < -0.4 is 0 Å². The van der Waals surface area contributed by atoms with E-state index in [1.807, 2.05) is 0 Å². The summed E-state index contributed by atoms with van der Waals surface area (Å²) < 4.78 is 5.46. The first kappa shape index (κ1) is 27.2. The lowest BCUT2D eigenvalue weighted by Gasteiger charge is -2.14. The Morgan fingerprint density at radius 1 is 0.714 bits per heavy atom. The highest BCUT2D eigenvalue weighted by molar-refractivity contribution is 5.69. The van der Waals surface area contributed by atoms with Crippen molar-refractivity contribution in [2.75, 3.05) is 6.61 Å². The largest absolute Gasteiger partial charge is 0.465 e. The van der Waals surface area contributed by atoms with Gasteiger partial charge in [0.25, 0.3) is 0 Å². The third kappa shape index (κ3) is 20.0. The van der Waals surface area contributed by atoms with Crippen LogP contribution in [0.2, 0.25) is 0 Å². The summed E-state index contributed by atoms with van der Waals surface area (Å²) in [5, 5.41) is 0. The minimum atomic E-state index is 0.00906. The van der Waals surface area contributed by atoms with E-state index < -0.39 is 0 Å². The maximum Gasteiger partial charge on any atom is 0.305 e. The molecule has 0 aromatic carbocycles. The molecular formula is C26H50O2. The molecule has 0 heterocycles. The average molecular weight is 395 g/mol. The van der Waals surface area contributed by atoms with Gasteiger partial charge in [-0.15, -0.1) is 0 Å². The molecule has 0 aliphatic rings. The summed E-state index contributed by atoms with van der Waals surface area (Å²) in [7, 11) is 0. The molecule has 0 bridgehead atoms. The molecular weight excluding hydrogens is 344 g/mol. The van der Waals surface area contributed by atoms with Crippen LogP contribution in [0.3, 0.4) is 0 Å². The van der Waals surface area contributed by atoms with Crippen molar-refractivity contribution in [1.82, 2.24) is 0 Å². The number of allylic oxidation sites excluding steroid dienone is 2. The number of unbranched alkanes of at least 4 members (excludes halogenated alkanes) is 12. The topological polar surface area (TPSA) is 26.3 Å². The van der Waals surface area contributed by atoms with Gasteiger partial charge in [-0.1, -0.05) is 104 Å². The molecule has 1 atom stereocenters. The molecule has 0 saturated carbocycles. The van der Waals surface area contributed by atoms with Crippen molar-refractivity contribution in [3.63, 3.8) is 0 Å². The van der Waals surface area contributed by atoms with Crippen LogP contribution in [0.25, 0.3) is 0 Å². The van der Waals surface area contributed by atoms with Gasteiger partial charge in [-0.2, -0.15) is 0 Å². The second-order valence-corrected chi connectivity index (χ2v) is 8.43. The van der Waals surface area contributed by atoms with Gasteiger partial charge in [0, 0.05) is 6.42 Å². The van der Waals surface area contributed by atoms with E-state index in [-0.39, 0.29) is 5.97 Å². The van der Waals surface area contributed by atoms with Crippen LogP contribution in [0.15, 0.2) is 12.2 Å². The minimum absolute atomic E-state index is 0.00906. The summed E-state index contributed by atoms with van der Waals surface area (Å²) >= 11 is 0. The molecule has 1 unspecified atom stereocenters. The Kier molecular flexibility index (Phi) is 21.9. The molecule has 0 spiro atoms. The van der Waals surface area contributed by atoms with Gasteiger partial charge in [0.15, 0.2) is 0 Å². The fourth-order valence-electron chi connectivity index (χ4n) is 3.52. The van der Waals surface area contributed by atoms with Crippen LogP contribution >= 0.6 is 0 Å². The van der Waals surface area contributed by atoms with E-state index in [0.717, 1.165) is 19.3 Å². The number of rotatable bonds is 21. The van der Waals surface area contributed by atoms with Gasteiger partial charge < -0.3 is 4.74 Å². The summed E-state index contributed by atoms with van der Waals surface area (Å²) in [5.74, 6) is 0.564. The zero-order valence-corrected chi connectivity index (χ0v) is 19.5. The van der Waals surface area contributed by atoms with E-state index in [1.54, 1.807) is 0 Å². The summed E-state index contributed by atoms with van der Waals surface area (Å²) in [5.41, 5.74) is 0. The molecule has 166 valence electrons. The highest BCUT2D eigenvalue weighted by Crippen LogP contribution is 2.14. The molecule has 0 radical (unpaired) electrons. The number of ether oxygens (including phenoxy) is 1. The van der Waals surface area contributed by atoms with Crippen LogP contribution in [-0.2, 0) is 9.53 Å². The number of carbonyl (C=O) groups excluding carboxylic acids is 1. The number of hydrogen-bond acceptors (Lipinski definition) is 2. The quantitative estimate of drug-likeness (QED) is 0.110. The van der Waals surface area contributed by atoms with Gasteiger partial charge in [0.1, 0.15) is 0 Å². The first-order chi connectivity index (χ1) is 13.7. The van der Waals surface area contributed by atoms with Crippen molar-refractivity contribution in [2.24, 2.45) is 5.92 Å². The molecule has 0 rings (SSSR count). The molecule has 2 nitrogen and oxygen atoms in total. The van der Waals surface area contributed by atoms with E-state index in [1.165, 1.54) is 89.9 Å². The SMILES string of the molecule is CCCCCCC/C=C/CCCCCCCCC(=O)OCC(CC)CCCC. The van der Waals surface area contributed by atoms with Crippen LogP contribution in [0.1, 0.15) is 136 Å². The lowest BCUT2D eigenvalue weighted by molar-refractivity contribution is -0.145. The Morgan fingerprint density at radius 2 is 1.25 bits per heavy atom. The van der Waals surface area contributed by atoms with Crippen molar-refractivity contribution in [3.8, 4) is 0 Å². The minimum Gasteiger partial charge on any atom is -0.465 e. The first-order valence-corrected chi connectivity index (χ1v) is 12.5. The van der Waals surface area contributed by atoms with Crippen molar-refractivity contribution in [2.45, 2.75) is 136 Å². The molecule has 0 saturated heterocycles. The van der Waals surface area contributed by atoms with Gasteiger partial charge in [0.2, 0.25) is 0 Å². The molecule has 28 heavy (non-hydrogen) atoms. The Balaban J connectivity index is 3.35. The van der Waals surface area contributed by atoms with Gasteiger partial charge in [-0.25, -0.2) is 0 Å². The van der Waals surface area contributed by atoms with E-state index in [9.17, 15) is 4.79 Å². The lowest BCUT2D eigenvalue weighted by Crippen LogP contribution is -2.13.